The molecule has 2 saturated heterocycles. The molecule has 2 rings (SSSR count). The molecule has 1 N–H and O–H groups in total. The third-order valence-corrected chi connectivity index (χ3v) is 4.69. The predicted octanol–water partition coefficient (Wildman–Crippen LogP) is 2.37. The minimum atomic E-state index is 0.0241. The second-order valence-corrected chi connectivity index (χ2v) is 6.28. The molecule has 4 heteroatoms. The van der Waals surface area contributed by atoms with Crippen molar-refractivity contribution < 1.29 is 14.2 Å². The first-order valence-electron chi connectivity index (χ1n) is 8.24. The summed E-state index contributed by atoms with van der Waals surface area (Å²) >= 11 is 0. The fourth-order valence-electron chi connectivity index (χ4n) is 3.55. The van der Waals surface area contributed by atoms with E-state index in [1.807, 2.05) is 0 Å². The summed E-state index contributed by atoms with van der Waals surface area (Å²) in [6, 6.07) is 0.603. The maximum absolute atomic E-state index is 6.06. The highest BCUT2D eigenvalue weighted by molar-refractivity contribution is 4.93. The number of ether oxygens (including phenoxy) is 3. The van der Waals surface area contributed by atoms with Crippen molar-refractivity contribution >= 4 is 0 Å². The summed E-state index contributed by atoms with van der Waals surface area (Å²) < 4.78 is 16.8. The first-order valence-corrected chi connectivity index (χ1v) is 8.24. The van der Waals surface area contributed by atoms with Gasteiger partial charge in [0.25, 0.3) is 0 Å². The quantitative estimate of drug-likeness (QED) is 0.695. The van der Waals surface area contributed by atoms with E-state index >= 15 is 0 Å². The number of methoxy groups -OCH3 is 1. The van der Waals surface area contributed by atoms with E-state index in [-0.39, 0.29) is 5.60 Å². The Morgan fingerprint density at radius 2 is 2.30 bits per heavy atom. The van der Waals surface area contributed by atoms with Gasteiger partial charge in [0.05, 0.1) is 12.2 Å². The van der Waals surface area contributed by atoms with Gasteiger partial charge in [0.15, 0.2) is 0 Å². The van der Waals surface area contributed by atoms with Crippen LogP contribution in [0.2, 0.25) is 0 Å². The van der Waals surface area contributed by atoms with E-state index in [1.54, 1.807) is 7.11 Å². The van der Waals surface area contributed by atoms with Crippen molar-refractivity contribution in [1.82, 2.24) is 5.32 Å². The monoisotopic (exact) mass is 285 g/mol. The molecule has 0 saturated carbocycles. The van der Waals surface area contributed by atoms with E-state index in [0.717, 1.165) is 52.2 Å². The molecule has 20 heavy (non-hydrogen) atoms. The lowest BCUT2D eigenvalue weighted by Crippen LogP contribution is -2.47. The topological polar surface area (TPSA) is 39.7 Å². The Balaban J connectivity index is 1.88. The Kier molecular flexibility index (Phi) is 6.75. The lowest BCUT2D eigenvalue weighted by atomic mass is 9.80. The highest BCUT2D eigenvalue weighted by atomic mass is 16.6. The molecule has 0 aromatic carbocycles. The Morgan fingerprint density at radius 3 is 3.00 bits per heavy atom. The summed E-state index contributed by atoms with van der Waals surface area (Å²) in [6.45, 7) is 6.75. The summed E-state index contributed by atoms with van der Waals surface area (Å²) in [6.07, 6.45) is 6.94. The van der Waals surface area contributed by atoms with Crippen LogP contribution >= 0.6 is 0 Å². The largest absolute Gasteiger partial charge is 0.385 e. The molecular formula is C16H31NO3. The molecule has 118 valence electrons. The van der Waals surface area contributed by atoms with Crippen LogP contribution in [0.25, 0.3) is 0 Å². The zero-order valence-corrected chi connectivity index (χ0v) is 13.2. The summed E-state index contributed by atoms with van der Waals surface area (Å²) in [5.41, 5.74) is 0.0241. The van der Waals surface area contributed by atoms with Gasteiger partial charge >= 0.3 is 0 Å². The third kappa shape index (κ3) is 4.42. The molecule has 0 aliphatic carbocycles. The zero-order valence-electron chi connectivity index (χ0n) is 13.2. The van der Waals surface area contributed by atoms with Crippen molar-refractivity contribution in [3.63, 3.8) is 0 Å². The Morgan fingerprint density at radius 1 is 1.40 bits per heavy atom. The molecule has 3 unspecified atom stereocenters. The number of hydrogen-bond donors (Lipinski definition) is 1. The molecule has 3 atom stereocenters. The minimum absolute atomic E-state index is 0.0241. The van der Waals surface area contributed by atoms with E-state index in [2.05, 4.69) is 12.2 Å². The maximum Gasteiger partial charge on any atom is 0.0939 e. The van der Waals surface area contributed by atoms with Crippen molar-refractivity contribution in [3.8, 4) is 0 Å². The third-order valence-electron chi connectivity index (χ3n) is 4.69. The fourth-order valence-corrected chi connectivity index (χ4v) is 3.55. The fraction of sp³-hybridized carbons (Fsp3) is 1.00. The Labute approximate surface area is 123 Å². The van der Waals surface area contributed by atoms with Crippen LogP contribution in [-0.2, 0) is 14.2 Å². The van der Waals surface area contributed by atoms with Gasteiger partial charge in [-0.25, -0.2) is 0 Å². The van der Waals surface area contributed by atoms with E-state index in [0.29, 0.717) is 12.0 Å². The Hall–Kier alpha value is -0.160. The van der Waals surface area contributed by atoms with Crippen molar-refractivity contribution in [2.45, 2.75) is 57.1 Å². The highest BCUT2D eigenvalue weighted by Crippen LogP contribution is 2.37. The van der Waals surface area contributed by atoms with Gasteiger partial charge in [-0.15, -0.1) is 0 Å². The van der Waals surface area contributed by atoms with Crippen molar-refractivity contribution in [3.05, 3.63) is 0 Å². The van der Waals surface area contributed by atoms with E-state index < -0.39 is 0 Å². The van der Waals surface area contributed by atoms with Gasteiger partial charge in [0.1, 0.15) is 0 Å². The van der Waals surface area contributed by atoms with Crippen LogP contribution in [0.5, 0.6) is 0 Å². The molecule has 0 radical (unpaired) electrons. The number of nitrogens with one attached hydrogen (secondary N) is 1. The zero-order chi connectivity index (χ0) is 14.3. The van der Waals surface area contributed by atoms with Gasteiger partial charge in [0.2, 0.25) is 0 Å². The second-order valence-electron chi connectivity index (χ2n) is 6.28. The van der Waals surface area contributed by atoms with Crippen LogP contribution in [-0.4, -0.2) is 51.7 Å². The van der Waals surface area contributed by atoms with Crippen LogP contribution in [0.1, 0.15) is 45.4 Å². The maximum atomic E-state index is 6.06. The summed E-state index contributed by atoms with van der Waals surface area (Å²) in [4.78, 5) is 0. The SMILES string of the molecule is CCCNC(CCCOC)C1CCOC2(CCOC2)C1. The van der Waals surface area contributed by atoms with E-state index in [4.69, 9.17) is 14.2 Å². The molecule has 0 bridgehead atoms. The standard InChI is InChI=1S/C16H31NO3/c1-3-8-17-15(5-4-9-18-2)14-6-10-20-16(12-14)7-11-19-13-16/h14-15,17H,3-13H2,1-2H3. The number of hydrogen-bond acceptors (Lipinski definition) is 4. The van der Waals surface area contributed by atoms with Crippen LogP contribution < -0.4 is 5.32 Å². The van der Waals surface area contributed by atoms with Gasteiger partial charge in [-0.05, 0) is 44.6 Å². The normalized spacial score (nSPS) is 31.8. The van der Waals surface area contributed by atoms with Gasteiger partial charge in [-0.3, -0.25) is 0 Å². The van der Waals surface area contributed by atoms with Crippen molar-refractivity contribution in [2.24, 2.45) is 5.92 Å². The molecule has 0 aromatic rings. The van der Waals surface area contributed by atoms with Gasteiger partial charge in [0, 0.05) is 39.4 Å². The van der Waals surface area contributed by atoms with Crippen molar-refractivity contribution in [2.75, 3.05) is 40.1 Å². The summed E-state index contributed by atoms with van der Waals surface area (Å²) in [5, 5.41) is 3.75. The first-order chi connectivity index (χ1) is 9.79. The van der Waals surface area contributed by atoms with E-state index in [1.165, 1.54) is 19.3 Å². The summed E-state index contributed by atoms with van der Waals surface area (Å²) in [7, 11) is 1.79. The average molecular weight is 285 g/mol. The molecule has 2 aliphatic heterocycles. The Bertz CT molecular complexity index is 266. The molecule has 0 aromatic heterocycles. The predicted molar refractivity (Wildman–Crippen MR) is 80.0 cm³/mol. The average Bonchev–Trinajstić information content (AvgIpc) is 2.90. The molecule has 2 fully saturated rings. The van der Waals surface area contributed by atoms with Crippen LogP contribution in [0.3, 0.4) is 0 Å². The lowest BCUT2D eigenvalue weighted by Gasteiger charge is -2.40. The first kappa shape index (κ1) is 16.2. The second kappa shape index (κ2) is 8.32. The molecular weight excluding hydrogens is 254 g/mol. The molecule has 1 spiro atoms. The lowest BCUT2D eigenvalue weighted by molar-refractivity contribution is -0.103. The summed E-state index contributed by atoms with van der Waals surface area (Å²) in [5.74, 6) is 0.717. The molecule has 2 heterocycles. The van der Waals surface area contributed by atoms with Crippen LogP contribution in [0.15, 0.2) is 0 Å². The van der Waals surface area contributed by atoms with Crippen LogP contribution in [0, 0.1) is 5.92 Å². The molecule has 2 aliphatic rings. The molecule has 4 nitrogen and oxygen atoms in total. The van der Waals surface area contributed by atoms with Gasteiger partial charge in [-0.1, -0.05) is 6.92 Å². The smallest absolute Gasteiger partial charge is 0.0939 e. The molecule has 0 amide bonds. The van der Waals surface area contributed by atoms with E-state index in [9.17, 15) is 0 Å². The highest BCUT2D eigenvalue weighted by Gasteiger charge is 2.42. The minimum Gasteiger partial charge on any atom is -0.385 e. The van der Waals surface area contributed by atoms with Gasteiger partial charge < -0.3 is 19.5 Å². The van der Waals surface area contributed by atoms with Crippen LogP contribution in [0.4, 0.5) is 0 Å². The van der Waals surface area contributed by atoms with Crippen molar-refractivity contribution in [1.29, 1.82) is 0 Å². The number of rotatable bonds is 8. The van der Waals surface area contributed by atoms with Gasteiger partial charge in [-0.2, -0.15) is 0 Å².